The molecule has 0 amide bonds. The molecule has 2 rings (SSSR count). The second-order valence-electron chi connectivity index (χ2n) is 3.12. The van der Waals surface area contributed by atoms with E-state index in [1.54, 1.807) is 0 Å². The Bertz CT molecular complexity index is 197. The molecule has 0 saturated carbocycles. The predicted molar refractivity (Wildman–Crippen MR) is 46.9 cm³/mol. The van der Waals surface area contributed by atoms with Gasteiger partial charge < -0.3 is 9.88 Å². The predicted octanol–water partition coefficient (Wildman–Crippen LogP) is 2.00. The van der Waals surface area contributed by atoms with Gasteiger partial charge in [-0.15, -0.1) is 0 Å². The fourth-order valence-electron chi connectivity index (χ4n) is 1.66. The summed E-state index contributed by atoms with van der Waals surface area (Å²) in [5, 5.41) is 0. The molecule has 0 aliphatic carbocycles. The number of aromatic amines is 1. The number of piperidine rings is 1. The molecule has 1 aromatic heterocycles. The topological polar surface area (TPSA) is 19.0 Å². The first kappa shape index (κ1) is 6.77. The molecule has 1 saturated heterocycles. The molecule has 0 atom stereocenters. The monoisotopic (exact) mass is 150 g/mol. The van der Waals surface area contributed by atoms with Gasteiger partial charge in [-0.2, -0.15) is 0 Å². The Labute approximate surface area is 67.2 Å². The molecule has 0 spiro atoms. The lowest BCUT2D eigenvalue weighted by Crippen LogP contribution is -2.28. The van der Waals surface area contributed by atoms with E-state index in [0.29, 0.717) is 0 Å². The molecule has 1 fully saturated rings. The van der Waals surface area contributed by atoms with E-state index in [4.69, 9.17) is 0 Å². The highest BCUT2D eigenvalue weighted by Crippen LogP contribution is 2.17. The number of aromatic nitrogens is 1. The minimum atomic E-state index is 1.23. The van der Waals surface area contributed by atoms with Crippen molar-refractivity contribution < 1.29 is 0 Å². The van der Waals surface area contributed by atoms with Crippen LogP contribution in [0.4, 0.5) is 5.69 Å². The number of nitrogens with one attached hydrogen (secondary N) is 1. The van der Waals surface area contributed by atoms with Gasteiger partial charge >= 0.3 is 0 Å². The lowest BCUT2D eigenvalue weighted by molar-refractivity contribution is 0.578. The van der Waals surface area contributed by atoms with Crippen molar-refractivity contribution in [3.05, 3.63) is 18.5 Å². The van der Waals surface area contributed by atoms with E-state index in [-0.39, 0.29) is 0 Å². The molecule has 2 heteroatoms. The van der Waals surface area contributed by atoms with Gasteiger partial charge in [0, 0.05) is 25.5 Å². The van der Waals surface area contributed by atoms with Gasteiger partial charge in [-0.05, 0) is 25.3 Å². The van der Waals surface area contributed by atoms with Crippen LogP contribution in [-0.4, -0.2) is 18.1 Å². The van der Waals surface area contributed by atoms with Crippen molar-refractivity contribution in [2.45, 2.75) is 19.3 Å². The average molecular weight is 150 g/mol. The van der Waals surface area contributed by atoms with E-state index in [2.05, 4.69) is 22.1 Å². The summed E-state index contributed by atoms with van der Waals surface area (Å²) in [5.41, 5.74) is 1.35. The van der Waals surface area contributed by atoms with E-state index < -0.39 is 0 Å². The summed E-state index contributed by atoms with van der Waals surface area (Å²) in [7, 11) is 0. The summed E-state index contributed by atoms with van der Waals surface area (Å²) < 4.78 is 0. The minimum absolute atomic E-state index is 1.23. The second kappa shape index (κ2) is 2.99. The molecule has 1 aliphatic heterocycles. The van der Waals surface area contributed by atoms with Gasteiger partial charge in [0.15, 0.2) is 0 Å². The Morgan fingerprint density at radius 3 is 2.64 bits per heavy atom. The van der Waals surface area contributed by atoms with Crippen LogP contribution in [0.5, 0.6) is 0 Å². The van der Waals surface area contributed by atoms with Crippen LogP contribution in [0.25, 0.3) is 0 Å². The fraction of sp³-hybridized carbons (Fsp3) is 0.556. The highest BCUT2D eigenvalue weighted by Gasteiger charge is 2.09. The molecule has 1 aromatic rings. The molecule has 11 heavy (non-hydrogen) atoms. The minimum Gasteiger partial charge on any atom is -0.370 e. The Hall–Kier alpha value is -0.920. The maximum absolute atomic E-state index is 3.09. The summed E-state index contributed by atoms with van der Waals surface area (Å²) >= 11 is 0. The molecule has 1 N–H and O–H groups in total. The Balaban J connectivity index is 2.04. The third kappa shape index (κ3) is 1.39. The third-order valence-corrected chi connectivity index (χ3v) is 2.30. The van der Waals surface area contributed by atoms with Crippen LogP contribution in [0.15, 0.2) is 18.5 Å². The summed E-state index contributed by atoms with van der Waals surface area (Å²) in [4.78, 5) is 5.53. The van der Waals surface area contributed by atoms with E-state index in [1.165, 1.54) is 38.0 Å². The number of anilines is 1. The van der Waals surface area contributed by atoms with Gasteiger partial charge in [-0.1, -0.05) is 0 Å². The molecule has 1 aliphatic rings. The first-order valence-corrected chi connectivity index (χ1v) is 4.34. The van der Waals surface area contributed by atoms with Crippen molar-refractivity contribution in [2.24, 2.45) is 0 Å². The fourth-order valence-corrected chi connectivity index (χ4v) is 1.66. The van der Waals surface area contributed by atoms with Gasteiger partial charge in [0.05, 0.1) is 5.69 Å². The second-order valence-corrected chi connectivity index (χ2v) is 3.12. The quantitative estimate of drug-likeness (QED) is 0.648. The van der Waals surface area contributed by atoms with Crippen molar-refractivity contribution in [1.29, 1.82) is 0 Å². The molecule has 0 unspecified atom stereocenters. The molecule has 2 nitrogen and oxygen atoms in total. The van der Waals surface area contributed by atoms with E-state index >= 15 is 0 Å². The Kier molecular flexibility index (Phi) is 1.84. The van der Waals surface area contributed by atoms with Crippen LogP contribution in [-0.2, 0) is 0 Å². The largest absolute Gasteiger partial charge is 0.370 e. The van der Waals surface area contributed by atoms with Crippen molar-refractivity contribution >= 4 is 5.69 Å². The smallest absolute Gasteiger partial charge is 0.0543 e. The third-order valence-electron chi connectivity index (χ3n) is 2.30. The van der Waals surface area contributed by atoms with Crippen molar-refractivity contribution in [2.75, 3.05) is 18.0 Å². The number of H-pyrrole nitrogens is 1. The highest BCUT2D eigenvalue weighted by molar-refractivity contribution is 5.44. The molecule has 0 aromatic carbocycles. The maximum Gasteiger partial charge on any atom is 0.0543 e. The van der Waals surface area contributed by atoms with Crippen molar-refractivity contribution in [1.82, 2.24) is 4.98 Å². The van der Waals surface area contributed by atoms with Crippen LogP contribution in [0.1, 0.15) is 19.3 Å². The van der Waals surface area contributed by atoms with Gasteiger partial charge in [0.2, 0.25) is 0 Å². The lowest BCUT2D eigenvalue weighted by atomic mass is 10.1. The zero-order valence-corrected chi connectivity index (χ0v) is 6.71. The first-order chi connectivity index (χ1) is 5.47. The number of nitrogens with zero attached hydrogens (tertiary/aromatic N) is 1. The molecular formula is C9H14N2. The van der Waals surface area contributed by atoms with Gasteiger partial charge in [0.1, 0.15) is 0 Å². The molecular weight excluding hydrogens is 136 g/mol. The van der Waals surface area contributed by atoms with Crippen molar-refractivity contribution in [3.63, 3.8) is 0 Å². The van der Waals surface area contributed by atoms with E-state index in [0.717, 1.165) is 0 Å². The van der Waals surface area contributed by atoms with E-state index in [9.17, 15) is 0 Å². The number of rotatable bonds is 1. The first-order valence-electron chi connectivity index (χ1n) is 4.34. The Morgan fingerprint density at radius 2 is 2.00 bits per heavy atom. The van der Waals surface area contributed by atoms with Gasteiger partial charge in [-0.25, -0.2) is 0 Å². The number of hydrogen-bond acceptors (Lipinski definition) is 1. The zero-order chi connectivity index (χ0) is 7.52. The van der Waals surface area contributed by atoms with Crippen LogP contribution in [0.3, 0.4) is 0 Å². The van der Waals surface area contributed by atoms with Crippen LogP contribution < -0.4 is 4.90 Å². The summed E-state index contributed by atoms with van der Waals surface area (Å²) in [5.74, 6) is 0. The molecule has 2 heterocycles. The molecule has 60 valence electrons. The zero-order valence-electron chi connectivity index (χ0n) is 6.71. The van der Waals surface area contributed by atoms with Crippen molar-refractivity contribution in [3.8, 4) is 0 Å². The lowest BCUT2D eigenvalue weighted by Gasteiger charge is -2.27. The number of hydrogen-bond donors (Lipinski definition) is 1. The Morgan fingerprint density at radius 1 is 1.18 bits per heavy atom. The SMILES string of the molecule is c1cc(N2CCCCC2)c[nH]1. The average Bonchev–Trinajstić information content (AvgIpc) is 2.58. The van der Waals surface area contributed by atoms with Gasteiger partial charge in [-0.3, -0.25) is 0 Å². The normalized spacial score (nSPS) is 18.7. The van der Waals surface area contributed by atoms with E-state index in [1.807, 2.05) is 6.20 Å². The van der Waals surface area contributed by atoms with Crippen LogP contribution >= 0.6 is 0 Å². The summed E-state index contributed by atoms with van der Waals surface area (Å²) in [6, 6.07) is 2.14. The van der Waals surface area contributed by atoms with Gasteiger partial charge in [0.25, 0.3) is 0 Å². The molecule has 0 bridgehead atoms. The molecule has 0 radical (unpaired) electrons. The van der Waals surface area contributed by atoms with Crippen LogP contribution in [0, 0.1) is 0 Å². The van der Waals surface area contributed by atoms with Crippen LogP contribution in [0.2, 0.25) is 0 Å². The highest BCUT2D eigenvalue weighted by atomic mass is 15.1. The maximum atomic E-state index is 3.09. The summed E-state index contributed by atoms with van der Waals surface area (Å²) in [6.45, 7) is 2.47. The standard InChI is InChI=1S/C9H14N2/c1-2-6-11(7-3-1)9-4-5-10-8-9/h4-5,8,10H,1-3,6-7H2. The summed E-state index contributed by atoms with van der Waals surface area (Å²) in [6.07, 6.45) is 8.17.